The van der Waals surface area contributed by atoms with E-state index in [1.807, 2.05) is 0 Å². The van der Waals surface area contributed by atoms with Crippen LogP contribution in [-0.2, 0) is 6.42 Å². The Morgan fingerprint density at radius 3 is 2.43 bits per heavy atom. The van der Waals surface area contributed by atoms with Crippen LogP contribution in [0.1, 0.15) is 40.8 Å². The van der Waals surface area contributed by atoms with Crippen LogP contribution in [0.2, 0.25) is 0 Å². The van der Waals surface area contributed by atoms with E-state index in [1.54, 1.807) is 0 Å². The first-order chi connectivity index (χ1) is 27.7. The van der Waals surface area contributed by atoms with Gasteiger partial charge in [-0.2, -0.15) is 0 Å². The monoisotopic (exact) mass is 720 g/mol. The fraction of sp³-hybridized carbons (Fsp3) is 0.118. The van der Waals surface area contributed by atoms with Gasteiger partial charge in [0, 0.05) is 50.8 Å². The van der Waals surface area contributed by atoms with Crippen molar-refractivity contribution >= 4 is 49.7 Å². The van der Waals surface area contributed by atoms with Gasteiger partial charge in [-0.3, -0.25) is 0 Å². The van der Waals surface area contributed by atoms with Crippen LogP contribution in [0.15, 0.2) is 164 Å². The lowest BCUT2D eigenvalue weighted by Gasteiger charge is -2.24. The molecule has 0 N–H and O–H groups in total. The largest absolute Gasteiger partial charge is 0.483 e. The van der Waals surface area contributed by atoms with Crippen molar-refractivity contribution in [2.24, 2.45) is 11.8 Å². The van der Waals surface area contributed by atoms with Gasteiger partial charge in [-0.25, -0.2) is 15.0 Å². The molecule has 7 aromatic rings. The molecular formula is C51H36N4O. The summed E-state index contributed by atoms with van der Waals surface area (Å²) >= 11 is 0. The van der Waals surface area contributed by atoms with Crippen LogP contribution in [0.3, 0.4) is 0 Å². The van der Waals surface area contributed by atoms with E-state index in [-0.39, 0.29) is 17.9 Å². The Morgan fingerprint density at radius 2 is 1.48 bits per heavy atom. The summed E-state index contributed by atoms with van der Waals surface area (Å²) in [5.74, 6) is 3.47. The minimum atomic E-state index is -0.192. The minimum absolute atomic E-state index is 0.0836. The molecule has 0 saturated heterocycles. The molecule has 5 aromatic carbocycles. The zero-order chi connectivity index (χ0) is 36.7. The van der Waals surface area contributed by atoms with Gasteiger partial charge in [-0.05, 0) is 58.7 Å². The highest BCUT2D eigenvalue weighted by Crippen LogP contribution is 2.51. The molecule has 3 heterocycles. The number of hydrogen-bond donors (Lipinski definition) is 0. The van der Waals surface area contributed by atoms with E-state index >= 15 is 0 Å². The Bertz CT molecular complexity index is 3040. The van der Waals surface area contributed by atoms with Crippen molar-refractivity contribution in [3.8, 4) is 22.8 Å². The molecule has 0 radical (unpaired) electrons. The van der Waals surface area contributed by atoms with E-state index in [4.69, 9.17) is 19.7 Å². The molecule has 4 aliphatic carbocycles. The van der Waals surface area contributed by atoms with Gasteiger partial charge in [0.2, 0.25) is 0 Å². The van der Waals surface area contributed by atoms with Crippen LogP contribution in [0, 0.1) is 11.8 Å². The first-order valence-electron chi connectivity index (χ1n) is 19.7. The van der Waals surface area contributed by atoms with E-state index in [1.165, 1.54) is 38.3 Å². The second-order valence-corrected chi connectivity index (χ2v) is 15.4. The Labute approximate surface area is 324 Å². The number of aromatic nitrogens is 4. The highest BCUT2D eigenvalue weighted by atomic mass is 16.5. The molecule has 0 bridgehead atoms. The molecule has 0 fully saturated rings. The van der Waals surface area contributed by atoms with Gasteiger partial charge < -0.3 is 9.30 Å². The third-order valence-electron chi connectivity index (χ3n) is 12.2. The lowest BCUT2D eigenvalue weighted by Crippen LogP contribution is -2.21. The second kappa shape index (κ2) is 12.3. The Balaban J connectivity index is 1.02. The molecule has 4 unspecified atom stereocenters. The Kier molecular flexibility index (Phi) is 6.94. The summed E-state index contributed by atoms with van der Waals surface area (Å²) in [5.41, 5.74) is 9.09. The minimum Gasteiger partial charge on any atom is -0.483 e. The van der Waals surface area contributed by atoms with E-state index in [0.717, 1.165) is 51.9 Å². The summed E-state index contributed by atoms with van der Waals surface area (Å²) in [7, 11) is 0. The summed E-state index contributed by atoms with van der Waals surface area (Å²) in [5, 5.41) is 6.18. The highest BCUT2D eigenvalue weighted by molar-refractivity contribution is 6.12. The lowest BCUT2D eigenvalue weighted by atomic mass is 9.82. The van der Waals surface area contributed by atoms with E-state index in [0.29, 0.717) is 23.4 Å². The molecule has 0 amide bonds. The van der Waals surface area contributed by atoms with Crippen molar-refractivity contribution in [2.45, 2.75) is 24.9 Å². The summed E-state index contributed by atoms with van der Waals surface area (Å²) in [6.07, 6.45) is 28.4. The first-order valence-corrected chi connectivity index (χ1v) is 19.7. The SMILES string of the molecule is C1=CC2C=CC(c3nc(C4=CC=CC5Oc6c(cccc6-n6c7c(c8c9ccccc9ccc86)C=CCC7)C45)nc(-c4ccc5ccccc5c4)n3)=CC2C=C1. The molecule has 1 aliphatic heterocycles. The van der Waals surface area contributed by atoms with Crippen molar-refractivity contribution in [3.63, 3.8) is 0 Å². The maximum Gasteiger partial charge on any atom is 0.164 e. The molecule has 4 atom stereocenters. The summed E-state index contributed by atoms with van der Waals surface area (Å²) < 4.78 is 9.50. The molecule has 0 saturated carbocycles. The Morgan fingerprint density at radius 1 is 0.661 bits per heavy atom. The number of rotatable bonds is 4. The second-order valence-electron chi connectivity index (χ2n) is 15.4. The quantitative estimate of drug-likeness (QED) is 0.182. The summed E-state index contributed by atoms with van der Waals surface area (Å²) in [4.78, 5) is 15.7. The zero-order valence-corrected chi connectivity index (χ0v) is 30.6. The average molecular weight is 721 g/mol. The Hall–Kier alpha value is -6.85. The number of allylic oxidation sites excluding steroid dienone is 11. The van der Waals surface area contributed by atoms with Crippen LogP contribution in [0.25, 0.3) is 66.7 Å². The molecule has 0 spiro atoms. The van der Waals surface area contributed by atoms with Crippen molar-refractivity contribution in [3.05, 3.63) is 192 Å². The molecule has 266 valence electrons. The predicted octanol–water partition coefficient (Wildman–Crippen LogP) is 11.6. The smallest absolute Gasteiger partial charge is 0.164 e. The van der Waals surface area contributed by atoms with Gasteiger partial charge in [-0.1, -0.05) is 146 Å². The molecule has 5 heteroatoms. The molecular weight excluding hydrogens is 685 g/mol. The van der Waals surface area contributed by atoms with Crippen LogP contribution in [0.5, 0.6) is 5.75 Å². The molecule has 2 aromatic heterocycles. The van der Waals surface area contributed by atoms with Crippen molar-refractivity contribution in [1.82, 2.24) is 19.5 Å². The molecule has 5 nitrogen and oxygen atoms in total. The van der Waals surface area contributed by atoms with Crippen LogP contribution >= 0.6 is 0 Å². The fourth-order valence-corrected chi connectivity index (χ4v) is 9.53. The number of ether oxygens (including phenoxy) is 1. The van der Waals surface area contributed by atoms with E-state index < -0.39 is 0 Å². The van der Waals surface area contributed by atoms with Gasteiger partial charge in [0.15, 0.2) is 17.5 Å². The number of hydrogen-bond acceptors (Lipinski definition) is 4. The van der Waals surface area contributed by atoms with Gasteiger partial charge in [0.1, 0.15) is 11.9 Å². The average Bonchev–Trinajstić information content (AvgIpc) is 3.82. The predicted molar refractivity (Wildman–Crippen MR) is 228 cm³/mol. The lowest BCUT2D eigenvalue weighted by molar-refractivity contribution is 0.271. The fourth-order valence-electron chi connectivity index (χ4n) is 9.53. The van der Waals surface area contributed by atoms with Gasteiger partial charge in [-0.15, -0.1) is 0 Å². The van der Waals surface area contributed by atoms with E-state index in [9.17, 15) is 0 Å². The number of para-hydroxylation sites is 1. The van der Waals surface area contributed by atoms with Gasteiger partial charge in [0.05, 0.1) is 17.1 Å². The molecule has 56 heavy (non-hydrogen) atoms. The maximum absolute atomic E-state index is 7.04. The zero-order valence-electron chi connectivity index (χ0n) is 30.6. The normalized spacial score (nSPS) is 21.4. The highest BCUT2D eigenvalue weighted by Gasteiger charge is 2.40. The summed E-state index contributed by atoms with van der Waals surface area (Å²) in [6.45, 7) is 0. The number of nitrogens with zero attached hydrogens (tertiary/aromatic N) is 4. The third kappa shape index (κ3) is 4.83. The molecule has 5 aliphatic rings. The first kappa shape index (κ1) is 31.5. The van der Waals surface area contributed by atoms with E-state index in [2.05, 4.69) is 175 Å². The number of benzene rings is 5. The van der Waals surface area contributed by atoms with Gasteiger partial charge in [0.25, 0.3) is 0 Å². The topological polar surface area (TPSA) is 52.8 Å². The third-order valence-corrected chi connectivity index (χ3v) is 12.2. The maximum atomic E-state index is 7.04. The summed E-state index contributed by atoms with van der Waals surface area (Å²) in [6, 6.07) is 34.8. The van der Waals surface area contributed by atoms with Crippen molar-refractivity contribution in [2.75, 3.05) is 0 Å². The molecule has 12 rings (SSSR count). The van der Waals surface area contributed by atoms with Crippen molar-refractivity contribution in [1.29, 1.82) is 0 Å². The van der Waals surface area contributed by atoms with Crippen LogP contribution < -0.4 is 4.74 Å². The standard InChI is InChI=1S/C51H36N4O/c1-3-14-34-29-36(25-23-31(34)11-1)49-52-50(37-26-24-32-12-2-4-15-35(32)30-37)54-51(53-49)41-19-10-22-45-47(41)40-18-9-21-44(48(40)56-45)55-42-20-8-7-17-39(42)46-38-16-6-5-13-33(38)27-28-43(46)55/h1-7,9-19,21-31,34,45,47H,8,20H2. The van der Waals surface area contributed by atoms with Crippen LogP contribution in [-0.4, -0.2) is 25.6 Å². The van der Waals surface area contributed by atoms with Crippen LogP contribution in [0.4, 0.5) is 0 Å². The van der Waals surface area contributed by atoms with Crippen molar-refractivity contribution < 1.29 is 4.74 Å². The van der Waals surface area contributed by atoms with Gasteiger partial charge >= 0.3 is 0 Å². The number of fused-ring (bicyclic) bond motifs is 10.